The van der Waals surface area contributed by atoms with Crippen LogP contribution in [0, 0.1) is 18.7 Å². The molecule has 0 aliphatic carbocycles. The van der Waals surface area contributed by atoms with Crippen LogP contribution in [-0.4, -0.2) is 34.8 Å². The van der Waals surface area contributed by atoms with E-state index in [1.165, 1.54) is 23.5 Å². The fraction of sp³-hybridized carbons (Fsp3) is 0.278. The molecule has 0 bridgehead atoms. The first-order valence-electron chi connectivity index (χ1n) is 7.99. The molecule has 136 valence electrons. The van der Waals surface area contributed by atoms with Gasteiger partial charge in [0.1, 0.15) is 5.82 Å². The predicted molar refractivity (Wildman–Crippen MR) is 100.0 cm³/mol. The number of hydrogen-bond donors (Lipinski definition) is 1. The topological polar surface area (TPSA) is 62.3 Å². The van der Waals surface area contributed by atoms with Gasteiger partial charge in [0, 0.05) is 29.4 Å². The number of nitrogens with zero attached hydrogens (tertiary/aromatic N) is 2. The summed E-state index contributed by atoms with van der Waals surface area (Å²) in [5.41, 5.74) is 1.27. The first-order valence-corrected chi connectivity index (χ1v) is 9.19. The summed E-state index contributed by atoms with van der Waals surface area (Å²) in [6, 6.07) is 4.57. The largest absolute Gasteiger partial charge is 0.337 e. The van der Waals surface area contributed by atoms with Crippen molar-refractivity contribution < 1.29 is 14.0 Å². The molecule has 2 heterocycles. The number of nitrogens with one attached hydrogen (secondary N) is 1. The van der Waals surface area contributed by atoms with Gasteiger partial charge in [-0.3, -0.25) is 9.59 Å². The van der Waals surface area contributed by atoms with Gasteiger partial charge in [0.15, 0.2) is 5.13 Å². The van der Waals surface area contributed by atoms with E-state index >= 15 is 0 Å². The Balaban J connectivity index is 1.62. The Morgan fingerprint density at radius 1 is 1.50 bits per heavy atom. The van der Waals surface area contributed by atoms with Crippen molar-refractivity contribution in [3.05, 3.63) is 57.8 Å². The lowest BCUT2D eigenvalue weighted by Crippen LogP contribution is -2.53. The van der Waals surface area contributed by atoms with Crippen molar-refractivity contribution in [3.8, 4) is 0 Å². The van der Waals surface area contributed by atoms with Crippen LogP contribution in [0.15, 0.2) is 30.9 Å². The molecular formula is C18H17ClFN3O2S. The minimum Gasteiger partial charge on any atom is -0.337 e. The molecule has 2 amide bonds. The molecule has 1 aromatic heterocycles. The lowest BCUT2D eigenvalue weighted by atomic mass is 9.99. The van der Waals surface area contributed by atoms with Gasteiger partial charge in [-0.25, -0.2) is 9.37 Å². The van der Waals surface area contributed by atoms with Gasteiger partial charge in [0.25, 0.3) is 0 Å². The first-order chi connectivity index (χ1) is 12.4. The Morgan fingerprint density at radius 3 is 2.88 bits per heavy atom. The number of rotatable bonds is 5. The smallest absolute Gasteiger partial charge is 0.246 e. The molecule has 3 rings (SSSR count). The standard InChI is InChI=1S/C18H17ClFN3O2S/c1-3-16(24)23-8-12(9-23)17(25)22-18-21-10(2)15(26-18)6-11-4-5-13(19)7-14(11)20/h3-5,7,12H,1,6,8-9H2,2H3,(H,21,22,25). The van der Waals surface area contributed by atoms with Crippen molar-refractivity contribution in [1.29, 1.82) is 0 Å². The van der Waals surface area contributed by atoms with Gasteiger partial charge in [-0.15, -0.1) is 11.3 Å². The normalized spacial score (nSPS) is 14.0. The van der Waals surface area contributed by atoms with E-state index < -0.39 is 0 Å². The maximum absolute atomic E-state index is 14.0. The Bertz CT molecular complexity index is 877. The van der Waals surface area contributed by atoms with Gasteiger partial charge >= 0.3 is 0 Å². The fourth-order valence-electron chi connectivity index (χ4n) is 2.64. The van der Waals surface area contributed by atoms with Crippen molar-refractivity contribution in [2.24, 2.45) is 5.92 Å². The average Bonchev–Trinajstić information content (AvgIpc) is 2.87. The molecule has 0 unspecified atom stereocenters. The zero-order valence-corrected chi connectivity index (χ0v) is 15.7. The molecule has 5 nitrogen and oxygen atoms in total. The lowest BCUT2D eigenvalue weighted by molar-refractivity contribution is -0.137. The number of halogens is 2. The number of thiazole rings is 1. The van der Waals surface area contributed by atoms with Gasteiger partial charge < -0.3 is 10.2 Å². The van der Waals surface area contributed by atoms with Crippen LogP contribution < -0.4 is 5.32 Å². The number of carbonyl (C=O) groups excluding carboxylic acids is 2. The number of anilines is 1. The van der Waals surface area contributed by atoms with E-state index in [2.05, 4.69) is 16.9 Å². The SMILES string of the molecule is C=CC(=O)N1CC(C(=O)Nc2nc(C)c(Cc3ccc(Cl)cc3F)s2)C1. The highest BCUT2D eigenvalue weighted by Gasteiger charge is 2.35. The van der Waals surface area contributed by atoms with Gasteiger partial charge in [-0.05, 0) is 30.7 Å². The molecule has 0 spiro atoms. The van der Waals surface area contributed by atoms with Gasteiger partial charge in [0.2, 0.25) is 11.8 Å². The zero-order chi connectivity index (χ0) is 18.8. The third-order valence-corrected chi connectivity index (χ3v) is 5.54. The number of aryl methyl sites for hydroxylation is 1. The van der Waals surface area contributed by atoms with Gasteiger partial charge in [-0.1, -0.05) is 24.2 Å². The van der Waals surface area contributed by atoms with Crippen LogP contribution in [0.2, 0.25) is 5.02 Å². The molecule has 0 saturated carbocycles. The summed E-state index contributed by atoms with van der Waals surface area (Å²) in [7, 11) is 0. The highest BCUT2D eigenvalue weighted by molar-refractivity contribution is 7.15. The second kappa shape index (κ2) is 7.55. The third kappa shape index (κ3) is 3.94. The summed E-state index contributed by atoms with van der Waals surface area (Å²) < 4.78 is 14.0. The minimum atomic E-state index is -0.364. The van der Waals surface area contributed by atoms with E-state index in [9.17, 15) is 14.0 Å². The molecule has 8 heteroatoms. The second-order valence-corrected chi connectivity index (χ2v) is 7.59. The number of hydrogen-bond acceptors (Lipinski definition) is 4. The molecule has 1 N–H and O–H groups in total. The first kappa shape index (κ1) is 18.5. The summed E-state index contributed by atoms with van der Waals surface area (Å²) in [4.78, 5) is 30.4. The molecule has 1 saturated heterocycles. The van der Waals surface area contributed by atoms with Crippen LogP contribution >= 0.6 is 22.9 Å². The van der Waals surface area contributed by atoms with Crippen molar-refractivity contribution in [2.75, 3.05) is 18.4 Å². The summed E-state index contributed by atoms with van der Waals surface area (Å²) in [5.74, 6) is -0.958. The average molecular weight is 394 g/mol. The van der Waals surface area contributed by atoms with Crippen molar-refractivity contribution >= 4 is 39.9 Å². The second-order valence-electron chi connectivity index (χ2n) is 6.07. The molecular weight excluding hydrogens is 377 g/mol. The highest BCUT2D eigenvalue weighted by Crippen LogP contribution is 2.28. The fourth-order valence-corrected chi connectivity index (χ4v) is 3.79. The number of amides is 2. The number of aromatic nitrogens is 1. The summed E-state index contributed by atoms with van der Waals surface area (Å²) in [6.45, 7) is 6.01. The van der Waals surface area contributed by atoms with Crippen LogP contribution in [0.3, 0.4) is 0 Å². The predicted octanol–water partition coefficient (Wildman–Crippen LogP) is 3.42. The van der Waals surface area contributed by atoms with Crippen molar-refractivity contribution in [2.45, 2.75) is 13.3 Å². The number of carbonyl (C=O) groups is 2. The number of likely N-dealkylation sites (tertiary alicyclic amines) is 1. The molecule has 2 aromatic rings. The molecule has 0 radical (unpaired) electrons. The Kier molecular flexibility index (Phi) is 5.38. The van der Waals surface area contributed by atoms with E-state index in [-0.39, 0.29) is 23.5 Å². The third-order valence-electron chi connectivity index (χ3n) is 4.23. The quantitative estimate of drug-likeness (QED) is 0.792. The summed E-state index contributed by atoms with van der Waals surface area (Å²) >= 11 is 7.09. The van der Waals surface area contributed by atoms with E-state index in [1.54, 1.807) is 17.0 Å². The van der Waals surface area contributed by atoms with Crippen LogP contribution in [0.1, 0.15) is 16.1 Å². The monoisotopic (exact) mass is 393 g/mol. The molecule has 1 aromatic carbocycles. The maximum Gasteiger partial charge on any atom is 0.246 e. The van der Waals surface area contributed by atoms with Crippen LogP contribution in [-0.2, 0) is 16.0 Å². The van der Waals surface area contributed by atoms with Gasteiger partial charge in [0.05, 0.1) is 11.6 Å². The van der Waals surface area contributed by atoms with E-state index in [1.807, 2.05) is 6.92 Å². The Hall–Kier alpha value is -2.25. The molecule has 1 fully saturated rings. The van der Waals surface area contributed by atoms with E-state index in [0.717, 1.165) is 10.6 Å². The highest BCUT2D eigenvalue weighted by atomic mass is 35.5. The zero-order valence-electron chi connectivity index (χ0n) is 14.1. The Labute approximate surface area is 159 Å². The molecule has 1 aliphatic rings. The summed E-state index contributed by atoms with van der Waals surface area (Å²) in [6.07, 6.45) is 1.62. The van der Waals surface area contributed by atoms with Crippen LogP contribution in [0.4, 0.5) is 9.52 Å². The van der Waals surface area contributed by atoms with Crippen LogP contribution in [0.25, 0.3) is 0 Å². The van der Waals surface area contributed by atoms with Gasteiger partial charge in [-0.2, -0.15) is 0 Å². The van der Waals surface area contributed by atoms with E-state index in [4.69, 9.17) is 11.6 Å². The molecule has 1 aliphatic heterocycles. The minimum absolute atomic E-state index is 0.170. The van der Waals surface area contributed by atoms with Crippen molar-refractivity contribution in [3.63, 3.8) is 0 Å². The van der Waals surface area contributed by atoms with Crippen LogP contribution in [0.5, 0.6) is 0 Å². The molecule has 26 heavy (non-hydrogen) atoms. The maximum atomic E-state index is 14.0. The molecule has 0 atom stereocenters. The Morgan fingerprint density at radius 2 is 2.23 bits per heavy atom. The van der Waals surface area contributed by atoms with Crippen molar-refractivity contribution in [1.82, 2.24) is 9.88 Å². The lowest BCUT2D eigenvalue weighted by Gasteiger charge is -2.37. The van der Waals surface area contributed by atoms with E-state index in [0.29, 0.717) is 35.2 Å². The summed E-state index contributed by atoms with van der Waals surface area (Å²) in [5, 5.41) is 3.61. The number of benzene rings is 1.